The second kappa shape index (κ2) is 6.70. The molecule has 0 bridgehead atoms. The first-order valence-electron chi connectivity index (χ1n) is 8.88. The van der Waals surface area contributed by atoms with Crippen LogP contribution in [0.25, 0.3) is 0 Å². The summed E-state index contributed by atoms with van der Waals surface area (Å²) in [7, 11) is 0. The van der Waals surface area contributed by atoms with Crippen LogP contribution in [0.15, 0.2) is 42.5 Å². The van der Waals surface area contributed by atoms with E-state index in [1.165, 1.54) is 0 Å². The van der Waals surface area contributed by atoms with E-state index >= 15 is 0 Å². The average Bonchev–Trinajstić information content (AvgIpc) is 2.90. The van der Waals surface area contributed by atoms with Gasteiger partial charge in [-0.25, -0.2) is 13.6 Å². The third-order valence-corrected chi connectivity index (χ3v) is 5.15. The summed E-state index contributed by atoms with van der Waals surface area (Å²) in [6.07, 6.45) is 1.96. The number of carbonyl (C=O) groups excluding carboxylic acids is 3. The van der Waals surface area contributed by atoms with Crippen LogP contribution >= 0.6 is 0 Å². The summed E-state index contributed by atoms with van der Waals surface area (Å²) in [6.45, 7) is -0.593. The normalized spacial score (nSPS) is 20.9. The van der Waals surface area contributed by atoms with Gasteiger partial charge in [0.25, 0.3) is 5.91 Å². The highest BCUT2D eigenvalue weighted by Crippen LogP contribution is 2.39. The predicted octanol–water partition coefficient (Wildman–Crippen LogP) is 2.69. The van der Waals surface area contributed by atoms with Gasteiger partial charge in [-0.15, -0.1) is 0 Å². The molecule has 1 atom stereocenters. The van der Waals surface area contributed by atoms with Crippen LogP contribution in [0.2, 0.25) is 0 Å². The van der Waals surface area contributed by atoms with Crippen molar-refractivity contribution in [1.29, 1.82) is 0 Å². The summed E-state index contributed by atoms with van der Waals surface area (Å²) in [5.74, 6) is -2.84. The number of imide groups is 1. The van der Waals surface area contributed by atoms with E-state index in [9.17, 15) is 23.2 Å². The Morgan fingerprint density at radius 1 is 1.18 bits per heavy atom. The van der Waals surface area contributed by atoms with Gasteiger partial charge in [-0.3, -0.25) is 14.5 Å². The lowest BCUT2D eigenvalue weighted by Gasteiger charge is -2.33. The number of anilines is 1. The van der Waals surface area contributed by atoms with E-state index in [0.29, 0.717) is 6.42 Å². The van der Waals surface area contributed by atoms with Gasteiger partial charge in [0.2, 0.25) is 5.91 Å². The van der Waals surface area contributed by atoms with E-state index in [1.807, 2.05) is 12.1 Å². The van der Waals surface area contributed by atoms with E-state index in [4.69, 9.17) is 0 Å². The second-order valence-corrected chi connectivity index (χ2v) is 6.91. The van der Waals surface area contributed by atoms with E-state index in [-0.39, 0.29) is 5.69 Å². The molecule has 4 amide bonds. The number of rotatable bonds is 3. The van der Waals surface area contributed by atoms with Gasteiger partial charge in [0, 0.05) is 6.07 Å². The first-order chi connectivity index (χ1) is 13.4. The third-order valence-electron chi connectivity index (χ3n) is 5.15. The molecule has 0 aromatic heterocycles. The number of carbonyl (C=O) groups is 3. The van der Waals surface area contributed by atoms with Crippen LogP contribution in [0.5, 0.6) is 0 Å². The van der Waals surface area contributed by atoms with Gasteiger partial charge in [-0.1, -0.05) is 24.3 Å². The Morgan fingerprint density at radius 2 is 1.96 bits per heavy atom. The zero-order valence-electron chi connectivity index (χ0n) is 14.8. The molecule has 2 aromatic rings. The zero-order chi connectivity index (χ0) is 19.9. The number of nitrogens with zero attached hydrogens (tertiary/aromatic N) is 1. The van der Waals surface area contributed by atoms with Crippen molar-refractivity contribution in [3.05, 3.63) is 65.2 Å². The van der Waals surface area contributed by atoms with Crippen LogP contribution in [0.1, 0.15) is 24.0 Å². The fraction of sp³-hybridized carbons (Fsp3) is 0.250. The van der Waals surface area contributed by atoms with Crippen molar-refractivity contribution in [3.8, 4) is 0 Å². The summed E-state index contributed by atoms with van der Waals surface area (Å²) in [5.41, 5.74) is 0.181. The van der Waals surface area contributed by atoms with Gasteiger partial charge < -0.3 is 10.6 Å². The highest BCUT2D eigenvalue weighted by atomic mass is 19.1. The van der Waals surface area contributed by atoms with Gasteiger partial charge in [0.15, 0.2) is 0 Å². The Bertz CT molecular complexity index is 994. The molecule has 0 unspecified atom stereocenters. The van der Waals surface area contributed by atoms with Crippen molar-refractivity contribution in [1.82, 2.24) is 10.2 Å². The molecule has 2 aromatic carbocycles. The molecule has 1 fully saturated rings. The fourth-order valence-corrected chi connectivity index (χ4v) is 3.88. The summed E-state index contributed by atoms with van der Waals surface area (Å²) in [5, 5.41) is 4.94. The molecule has 8 heteroatoms. The van der Waals surface area contributed by atoms with Crippen LogP contribution < -0.4 is 10.6 Å². The number of hydrogen-bond acceptors (Lipinski definition) is 3. The molecule has 2 aliphatic rings. The minimum Gasteiger partial charge on any atom is -0.322 e. The number of amides is 4. The van der Waals surface area contributed by atoms with E-state index in [0.717, 1.165) is 47.1 Å². The standard InChI is InChI=1S/C20H17F2N3O3/c21-13-7-8-15(22)16(10-13)23-17(26)11-25-18(27)20(24-19(25)28)9-3-5-12-4-1-2-6-14(12)20/h1-2,4,6-8,10H,3,5,9,11H2,(H,23,26)(H,24,28)/t20-/m1/s1. The smallest absolute Gasteiger partial charge is 0.322 e. The van der Waals surface area contributed by atoms with Crippen molar-refractivity contribution in [3.63, 3.8) is 0 Å². The summed E-state index contributed by atoms with van der Waals surface area (Å²) in [6, 6.07) is 9.34. The lowest BCUT2D eigenvalue weighted by molar-refractivity contribution is -0.134. The van der Waals surface area contributed by atoms with E-state index in [2.05, 4.69) is 10.6 Å². The van der Waals surface area contributed by atoms with Crippen molar-refractivity contribution in [2.75, 3.05) is 11.9 Å². The van der Waals surface area contributed by atoms with Crippen LogP contribution in [0.3, 0.4) is 0 Å². The van der Waals surface area contributed by atoms with E-state index in [1.54, 1.807) is 12.1 Å². The summed E-state index contributed by atoms with van der Waals surface area (Å²) < 4.78 is 27.0. The Balaban J connectivity index is 1.56. The number of fused-ring (bicyclic) bond motifs is 2. The lowest BCUT2D eigenvalue weighted by Crippen LogP contribution is -2.47. The van der Waals surface area contributed by atoms with Crippen molar-refractivity contribution in [2.45, 2.75) is 24.8 Å². The first kappa shape index (κ1) is 18.1. The van der Waals surface area contributed by atoms with Crippen LogP contribution in [0, 0.1) is 11.6 Å². The van der Waals surface area contributed by atoms with Crippen LogP contribution in [-0.4, -0.2) is 29.3 Å². The van der Waals surface area contributed by atoms with Gasteiger partial charge in [-0.2, -0.15) is 0 Å². The largest absolute Gasteiger partial charge is 0.325 e. The molecule has 2 N–H and O–H groups in total. The molecule has 1 spiro atoms. The predicted molar refractivity (Wildman–Crippen MR) is 96.3 cm³/mol. The molecular formula is C20H17F2N3O3. The van der Waals surface area contributed by atoms with Gasteiger partial charge >= 0.3 is 6.03 Å². The maximum absolute atomic E-state index is 13.7. The second-order valence-electron chi connectivity index (χ2n) is 6.91. The molecule has 1 aliphatic heterocycles. The number of halogens is 2. The molecule has 6 nitrogen and oxygen atoms in total. The monoisotopic (exact) mass is 385 g/mol. The van der Waals surface area contributed by atoms with E-state index < -0.39 is 41.6 Å². The minimum atomic E-state index is -1.18. The molecule has 0 saturated carbocycles. The highest BCUT2D eigenvalue weighted by molar-refractivity contribution is 6.10. The minimum absolute atomic E-state index is 0.352. The van der Waals surface area contributed by atoms with Crippen molar-refractivity contribution >= 4 is 23.5 Å². The molecule has 0 radical (unpaired) electrons. The number of hydrogen-bond donors (Lipinski definition) is 2. The lowest BCUT2D eigenvalue weighted by atomic mass is 9.76. The van der Waals surface area contributed by atoms with Crippen LogP contribution in [-0.2, 0) is 21.5 Å². The Kier molecular flexibility index (Phi) is 4.33. The Labute approximate surface area is 159 Å². The fourth-order valence-electron chi connectivity index (χ4n) is 3.88. The number of aryl methyl sites for hydroxylation is 1. The molecule has 1 heterocycles. The molecule has 1 saturated heterocycles. The maximum Gasteiger partial charge on any atom is 0.325 e. The summed E-state index contributed by atoms with van der Waals surface area (Å²) >= 11 is 0. The number of urea groups is 1. The van der Waals surface area contributed by atoms with Gasteiger partial charge in [0.1, 0.15) is 23.7 Å². The molecule has 28 heavy (non-hydrogen) atoms. The van der Waals surface area contributed by atoms with Crippen LogP contribution in [0.4, 0.5) is 19.3 Å². The quantitative estimate of drug-likeness (QED) is 0.798. The SMILES string of the molecule is O=C(CN1C(=O)N[C@@]2(CCCc3ccccc32)C1=O)Nc1cc(F)ccc1F. The maximum atomic E-state index is 13.7. The van der Waals surface area contributed by atoms with Gasteiger partial charge in [0.05, 0.1) is 5.69 Å². The average molecular weight is 385 g/mol. The third kappa shape index (κ3) is 2.90. The molecule has 144 valence electrons. The molecule has 4 rings (SSSR count). The van der Waals surface area contributed by atoms with Crippen molar-refractivity contribution in [2.24, 2.45) is 0 Å². The Morgan fingerprint density at radius 3 is 2.79 bits per heavy atom. The number of nitrogens with one attached hydrogen (secondary N) is 2. The highest BCUT2D eigenvalue weighted by Gasteiger charge is 2.54. The zero-order valence-corrected chi connectivity index (χ0v) is 14.8. The summed E-state index contributed by atoms with van der Waals surface area (Å²) in [4.78, 5) is 38.6. The molecule has 1 aliphatic carbocycles. The number of benzene rings is 2. The van der Waals surface area contributed by atoms with Crippen molar-refractivity contribution < 1.29 is 23.2 Å². The Hall–Kier alpha value is -3.29. The first-order valence-corrected chi connectivity index (χ1v) is 8.88. The van der Waals surface area contributed by atoms with Gasteiger partial charge in [-0.05, 0) is 42.5 Å². The topological polar surface area (TPSA) is 78.5 Å². The molecular weight excluding hydrogens is 368 g/mol.